The first-order valence-corrected chi connectivity index (χ1v) is 8.80. The van der Waals surface area contributed by atoms with Gasteiger partial charge in [0.15, 0.2) is 0 Å². The fourth-order valence-corrected chi connectivity index (χ4v) is 2.66. The molecule has 1 aromatic carbocycles. The lowest BCUT2D eigenvalue weighted by Gasteiger charge is -2.07. The third-order valence-electron chi connectivity index (χ3n) is 1.73. The van der Waals surface area contributed by atoms with Crippen LogP contribution in [0.5, 0.6) is 5.75 Å². The average Bonchev–Trinajstić information content (AvgIpc) is 2.19. The van der Waals surface area contributed by atoms with Gasteiger partial charge in [0.2, 0.25) is 0 Å². The topological polar surface area (TPSA) is 43.4 Å². The summed E-state index contributed by atoms with van der Waals surface area (Å²) < 4.78 is 28.1. The molecule has 0 radical (unpaired) electrons. The third kappa shape index (κ3) is 4.16. The van der Waals surface area contributed by atoms with Crippen LogP contribution in [-0.4, -0.2) is 27.0 Å². The molecule has 0 fully saturated rings. The summed E-state index contributed by atoms with van der Waals surface area (Å²) in [5, 5.41) is 0. The van der Waals surface area contributed by atoms with Gasteiger partial charge in [0.1, 0.15) is 5.75 Å². The van der Waals surface area contributed by atoms with Crippen LogP contribution in [0, 0.1) is 0 Å². The Morgan fingerprint density at radius 1 is 1.50 bits per heavy atom. The summed E-state index contributed by atoms with van der Waals surface area (Å²) in [6.07, 6.45) is 1.99. The highest BCUT2D eigenvalue weighted by Crippen LogP contribution is 2.29. The lowest BCUT2D eigenvalue weighted by Crippen LogP contribution is -2.00. The van der Waals surface area contributed by atoms with Crippen LogP contribution in [0.25, 0.3) is 0 Å². The first kappa shape index (κ1) is 14.2. The lowest BCUT2D eigenvalue weighted by molar-refractivity contribution is 0.341. The SMILES string of the molecule is CSCCOc1ccc(S(=O)(=O)Cl)cc1Br. The van der Waals surface area contributed by atoms with Gasteiger partial charge in [-0.3, -0.25) is 0 Å². The highest BCUT2D eigenvalue weighted by atomic mass is 79.9. The molecule has 0 atom stereocenters. The van der Waals surface area contributed by atoms with Crippen LogP contribution in [0.4, 0.5) is 0 Å². The van der Waals surface area contributed by atoms with E-state index in [9.17, 15) is 8.42 Å². The van der Waals surface area contributed by atoms with Gasteiger partial charge in [-0.1, -0.05) is 0 Å². The van der Waals surface area contributed by atoms with E-state index in [1.54, 1.807) is 17.8 Å². The minimum Gasteiger partial charge on any atom is -0.492 e. The quantitative estimate of drug-likeness (QED) is 0.607. The zero-order valence-electron chi connectivity index (χ0n) is 8.44. The highest BCUT2D eigenvalue weighted by molar-refractivity contribution is 9.10. The maximum atomic E-state index is 11.1. The second-order valence-corrected chi connectivity index (χ2v) is 7.28. The predicted molar refractivity (Wildman–Crippen MR) is 71.1 cm³/mol. The van der Waals surface area contributed by atoms with Crippen molar-refractivity contribution in [3.63, 3.8) is 0 Å². The second kappa shape index (κ2) is 6.14. The average molecular weight is 346 g/mol. The molecule has 0 saturated heterocycles. The van der Waals surface area contributed by atoms with Crippen LogP contribution in [0.1, 0.15) is 0 Å². The third-order valence-corrected chi connectivity index (χ3v) is 4.28. The molecule has 1 aromatic rings. The van der Waals surface area contributed by atoms with Gasteiger partial charge in [-0.2, -0.15) is 11.8 Å². The zero-order valence-corrected chi connectivity index (χ0v) is 12.4. The molecule has 7 heteroatoms. The van der Waals surface area contributed by atoms with E-state index >= 15 is 0 Å². The first-order chi connectivity index (χ1) is 7.45. The first-order valence-electron chi connectivity index (χ1n) is 4.31. The molecule has 0 unspecified atom stereocenters. The molecule has 0 N–H and O–H groups in total. The van der Waals surface area contributed by atoms with Crippen LogP contribution >= 0.6 is 38.4 Å². The van der Waals surface area contributed by atoms with Crippen LogP contribution in [-0.2, 0) is 9.05 Å². The molecule has 0 spiro atoms. The molecular formula is C9H10BrClO3S2. The summed E-state index contributed by atoms with van der Waals surface area (Å²) in [7, 11) is 1.53. The van der Waals surface area contributed by atoms with Crippen LogP contribution < -0.4 is 4.74 Å². The van der Waals surface area contributed by atoms with E-state index in [4.69, 9.17) is 15.4 Å². The van der Waals surface area contributed by atoms with Crippen LogP contribution in [0.2, 0.25) is 0 Å². The Bertz CT molecular complexity index is 462. The van der Waals surface area contributed by atoms with E-state index in [1.165, 1.54) is 12.1 Å². The fraction of sp³-hybridized carbons (Fsp3) is 0.333. The van der Waals surface area contributed by atoms with Gasteiger partial charge >= 0.3 is 0 Å². The predicted octanol–water partition coefficient (Wildman–Crippen LogP) is 3.12. The van der Waals surface area contributed by atoms with E-state index < -0.39 is 9.05 Å². The van der Waals surface area contributed by atoms with Crippen LogP contribution in [0.15, 0.2) is 27.6 Å². The Balaban J connectivity index is 2.84. The maximum Gasteiger partial charge on any atom is 0.261 e. The monoisotopic (exact) mass is 344 g/mol. The van der Waals surface area contributed by atoms with E-state index in [0.29, 0.717) is 16.8 Å². The number of rotatable bonds is 5. The Morgan fingerprint density at radius 2 is 2.19 bits per heavy atom. The molecule has 0 amide bonds. The zero-order chi connectivity index (χ0) is 12.2. The number of thioether (sulfide) groups is 1. The highest BCUT2D eigenvalue weighted by Gasteiger charge is 2.12. The summed E-state index contributed by atoms with van der Waals surface area (Å²) in [5.41, 5.74) is 0. The Labute approximate surface area is 112 Å². The molecule has 0 saturated carbocycles. The summed E-state index contributed by atoms with van der Waals surface area (Å²) in [5.74, 6) is 1.49. The largest absolute Gasteiger partial charge is 0.492 e. The summed E-state index contributed by atoms with van der Waals surface area (Å²) >= 11 is 4.91. The molecule has 0 aliphatic carbocycles. The Kier molecular flexibility index (Phi) is 5.43. The van der Waals surface area contributed by atoms with E-state index in [0.717, 1.165) is 5.75 Å². The minimum atomic E-state index is -3.68. The molecule has 0 aromatic heterocycles. The number of benzene rings is 1. The van der Waals surface area contributed by atoms with Gasteiger partial charge in [0.25, 0.3) is 9.05 Å². The molecule has 3 nitrogen and oxygen atoms in total. The van der Waals surface area contributed by atoms with Gasteiger partial charge < -0.3 is 4.74 Å². The Morgan fingerprint density at radius 3 is 2.69 bits per heavy atom. The number of halogens is 2. The van der Waals surface area contributed by atoms with E-state index in [-0.39, 0.29) is 4.90 Å². The van der Waals surface area contributed by atoms with Crippen LogP contribution in [0.3, 0.4) is 0 Å². The molecule has 16 heavy (non-hydrogen) atoms. The van der Waals surface area contributed by atoms with Crippen molar-refractivity contribution in [3.8, 4) is 5.75 Å². The fourth-order valence-electron chi connectivity index (χ4n) is 0.985. The molecule has 90 valence electrons. The normalized spacial score (nSPS) is 11.4. The van der Waals surface area contributed by atoms with Crippen molar-refractivity contribution in [3.05, 3.63) is 22.7 Å². The number of hydrogen-bond donors (Lipinski definition) is 0. The van der Waals surface area contributed by atoms with Gasteiger partial charge in [-0.25, -0.2) is 8.42 Å². The molecule has 0 aliphatic rings. The van der Waals surface area contributed by atoms with Gasteiger partial charge in [-0.15, -0.1) is 0 Å². The summed E-state index contributed by atoms with van der Waals surface area (Å²) in [6.45, 7) is 0.576. The maximum absolute atomic E-state index is 11.1. The van der Waals surface area contributed by atoms with Crippen molar-refractivity contribution in [1.82, 2.24) is 0 Å². The minimum absolute atomic E-state index is 0.0539. The number of hydrogen-bond acceptors (Lipinski definition) is 4. The van der Waals surface area contributed by atoms with Gasteiger partial charge in [-0.05, 0) is 40.4 Å². The van der Waals surface area contributed by atoms with Crippen molar-refractivity contribution in [2.24, 2.45) is 0 Å². The van der Waals surface area contributed by atoms with Crippen molar-refractivity contribution < 1.29 is 13.2 Å². The summed E-state index contributed by atoms with van der Waals surface area (Å²) in [4.78, 5) is 0.0539. The Hall–Kier alpha value is 0.0900. The van der Waals surface area contributed by atoms with Crippen molar-refractivity contribution in [1.29, 1.82) is 0 Å². The van der Waals surface area contributed by atoms with Gasteiger partial charge in [0, 0.05) is 16.4 Å². The molecular weight excluding hydrogens is 336 g/mol. The van der Waals surface area contributed by atoms with Crippen molar-refractivity contribution in [2.45, 2.75) is 4.90 Å². The molecule has 1 rings (SSSR count). The van der Waals surface area contributed by atoms with Gasteiger partial charge in [0.05, 0.1) is 16.0 Å². The molecule has 0 aliphatic heterocycles. The van der Waals surface area contributed by atoms with E-state index in [2.05, 4.69) is 15.9 Å². The number of ether oxygens (including phenoxy) is 1. The van der Waals surface area contributed by atoms with Crippen molar-refractivity contribution >= 4 is 47.4 Å². The summed E-state index contributed by atoms with van der Waals surface area (Å²) in [6, 6.07) is 4.43. The standard InChI is InChI=1S/C9H10BrClO3S2/c1-15-5-4-14-9-3-2-7(6-8(9)10)16(11,12)13/h2-3,6H,4-5H2,1H3. The smallest absolute Gasteiger partial charge is 0.261 e. The van der Waals surface area contributed by atoms with Crippen molar-refractivity contribution in [2.75, 3.05) is 18.6 Å². The second-order valence-electron chi connectivity index (χ2n) is 2.87. The lowest BCUT2D eigenvalue weighted by atomic mass is 10.3. The molecule has 0 heterocycles. The van der Waals surface area contributed by atoms with E-state index in [1.807, 2.05) is 6.26 Å². The molecule has 0 bridgehead atoms.